The van der Waals surface area contributed by atoms with Gasteiger partial charge in [-0.2, -0.15) is 0 Å². The van der Waals surface area contributed by atoms with Crippen LogP contribution in [0.15, 0.2) is 24.3 Å². The van der Waals surface area contributed by atoms with Gasteiger partial charge in [-0.3, -0.25) is 0 Å². The lowest BCUT2D eigenvalue weighted by molar-refractivity contribution is 0.588. The van der Waals surface area contributed by atoms with Crippen molar-refractivity contribution in [2.45, 2.75) is 26.7 Å². The fourth-order valence-electron chi connectivity index (χ4n) is 0.796. The van der Waals surface area contributed by atoms with E-state index >= 15 is 0 Å². The van der Waals surface area contributed by atoms with Gasteiger partial charge in [0, 0.05) is 0 Å². The number of allylic oxidation sites excluding steroid dienone is 3. The van der Waals surface area contributed by atoms with Crippen LogP contribution in [0.5, 0.6) is 0 Å². The van der Waals surface area contributed by atoms with Gasteiger partial charge in [-0.1, -0.05) is 32.4 Å². The molecular formula is C11H16. The molecule has 0 aliphatic rings. The molecule has 0 spiro atoms. The van der Waals surface area contributed by atoms with Gasteiger partial charge < -0.3 is 0 Å². The van der Waals surface area contributed by atoms with E-state index in [9.17, 15) is 0 Å². The van der Waals surface area contributed by atoms with E-state index in [1.807, 2.05) is 6.08 Å². The minimum atomic E-state index is 0.733. The quantitative estimate of drug-likeness (QED) is 0.424. The van der Waals surface area contributed by atoms with Gasteiger partial charge in [0.25, 0.3) is 0 Å². The summed E-state index contributed by atoms with van der Waals surface area (Å²) in [6.45, 7) is 8.10. The molecule has 0 N–H and O–H groups in total. The Morgan fingerprint density at radius 1 is 1.64 bits per heavy atom. The molecule has 0 rings (SSSR count). The van der Waals surface area contributed by atoms with Gasteiger partial charge in [0.2, 0.25) is 0 Å². The van der Waals surface area contributed by atoms with Crippen molar-refractivity contribution >= 4 is 0 Å². The molecule has 0 bridgehead atoms. The maximum Gasteiger partial charge on any atom is -0.00897 e. The zero-order valence-corrected chi connectivity index (χ0v) is 7.43. The minimum Gasteiger partial charge on any atom is -0.115 e. The Morgan fingerprint density at radius 2 is 2.27 bits per heavy atom. The molecule has 0 heteroatoms. The highest BCUT2D eigenvalue weighted by molar-refractivity contribution is 5.25. The van der Waals surface area contributed by atoms with Crippen LogP contribution >= 0.6 is 0 Å². The third-order valence-electron chi connectivity index (χ3n) is 1.54. The number of terminal acetylenes is 1. The molecule has 0 amide bonds. The van der Waals surface area contributed by atoms with Crippen LogP contribution in [0, 0.1) is 18.3 Å². The van der Waals surface area contributed by atoms with Crippen molar-refractivity contribution in [2.75, 3.05) is 0 Å². The van der Waals surface area contributed by atoms with Gasteiger partial charge >= 0.3 is 0 Å². The summed E-state index contributed by atoms with van der Waals surface area (Å²) in [5, 5.41) is 0. The second-order valence-electron chi connectivity index (χ2n) is 3.02. The molecule has 0 aromatic rings. The van der Waals surface area contributed by atoms with Crippen LogP contribution in [0.25, 0.3) is 0 Å². The van der Waals surface area contributed by atoms with E-state index in [1.165, 1.54) is 12.0 Å². The number of rotatable bonds is 4. The average Bonchev–Trinajstić information content (AvgIpc) is 1.97. The van der Waals surface area contributed by atoms with Crippen LogP contribution in [-0.4, -0.2) is 0 Å². The first-order valence-corrected chi connectivity index (χ1v) is 3.98. The topological polar surface area (TPSA) is 0 Å². The molecule has 0 aromatic heterocycles. The molecule has 0 atom stereocenters. The molecule has 0 nitrogen and oxygen atoms in total. The Bertz CT molecular complexity index is 177. The molecule has 0 aliphatic carbocycles. The molecule has 0 saturated heterocycles. The van der Waals surface area contributed by atoms with Gasteiger partial charge in [0.05, 0.1) is 0 Å². The first-order chi connectivity index (χ1) is 5.20. The third kappa shape index (κ3) is 5.48. The maximum absolute atomic E-state index is 5.14. The molecule has 0 saturated carbocycles. The Kier molecular flexibility index (Phi) is 5.29. The van der Waals surface area contributed by atoms with E-state index in [0.29, 0.717) is 0 Å². The van der Waals surface area contributed by atoms with Crippen molar-refractivity contribution < 1.29 is 0 Å². The van der Waals surface area contributed by atoms with Crippen molar-refractivity contribution in [3.05, 3.63) is 24.3 Å². The first kappa shape index (κ1) is 10.0. The van der Waals surface area contributed by atoms with Gasteiger partial charge in [0.1, 0.15) is 0 Å². The Morgan fingerprint density at radius 3 is 2.64 bits per heavy atom. The number of hydrogen-bond donors (Lipinski definition) is 0. The van der Waals surface area contributed by atoms with Gasteiger partial charge in [-0.15, -0.1) is 6.42 Å². The van der Waals surface area contributed by atoms with E-state index in [1.54, 1.807) is 6.08 Å². The minimum absolute atomic E-state index is 0.733. The van der Waals surface area contributed by atoms with Crippen molar-refractivity contribution in [1.82, 2.24) is 0 Å². The molecular weight excluding hydrogens is 132 g/mol. The molecule has 11 heavy (non-hydrogen) atoms. The summed E-state index contributed by atoms with van der Waals surface area (Å²) in [6, 6.07) is 0. The summed E-state index contributed by atoms with van der Waals surface area (Å²) in [5.41, 5.74) is 1.17. The van der Waals surface area contributed by atoms with Crippen molar-refractivity contribution in [3.63, 3.8) is 0 Å². The lowest BCUT2D eigenvalue weighted by atomic mass is 10.0. The highest BCUT2D eigenvalue weighted by Gasteiger charge is 1.95. The maximum atomic E-state index is 5.14. The average molecular weight is 148 g/mol. The summed E-state index contributed by atoms with van der Waals surface area (Å²) in [6.07, 6.45) is 11.0. The van der Waals surface area contributed by atoms with Crippen molar-refractivity contribution in [2.24, 2.45) is 5.92 Å². The molecule has 0 aliphatic heterocycles. The largest absolute Gasteiger partial charge is 0.115 e. The second kappa shape index (κ2) is 5.80. The summed E-state index contributed by atoms with van der Waals surface area (Å²) in [7, 11) is 0. The van der Waals surface area contributed by atoms with Gasteiger partial charge in [0.15, 0.2) is 0 Å². The fraction of sp³-hybridized carbons (Fsp3) is 0.455. The molecule has 0 unspecified atom stereocenters. The third-order valence-corrected chi connectivity index (χ3v) is 1.54. The zero-order valence-electron chi connectivity index (χ0n) is 7.43. The molecule has 0 radical (unpaired) electrons. The van der Waals surface area contributed by atoms with E-state index in [-0.39, 0.29) is 0 Å². The Labute approximate surface area is 70.0 Å². The van der Waals surface area contributed by atoms with Crippen molar-refractivity contribution in [1.29, 1.82) is 0 Å². The SMILES string of the molecule is C#C/C=C(\C=C)CCC(C)C. The number of hydrogen-bond acceptors (Lipinski definition) is 0. The van der Waals surface area contributed by atoms with Crippen molar-refractivity contribution in [3.8, 4) is 12.3 Å². The van der Waals surface area contributed by atoms with E-state index in [2.05, 4.69) is 26.3 Å². The highest BCUT2D eigenvalue weighted by Crippen LogP contribution is 2.11. The van der Waals surface area contributed by atoms with Gasteiger partial charge in [-0.25, -0.2) is 0 Å². The normalized spacial score (nSPS) is 11.3. The molecule has 60 valence electrons. The molecule has 0 fully saturated rings. The predicted molar refractivity (Wildman–Crippen MR) is 51.2 cm³/mol. The Balaban J connectivity index is 3.82. The highest BCUT2D eigenvalue weighted by atomic mass is 14.0. The molecule has 0 heterocycles. The summed E-state index contributed by atoms with van der Waals surface area (Å²) < 4.78 is 0. The monoisotopic (exact) mass is 148 g/mol. The van der Waals surface area contributed by atoms with Crippen LogP contribution in [-0.2, 0) is 0 Å². The smallest absolute Gasteiger partial charge is 0.00897 e. The second-order valence-corrected chi connectivity index (χ2v) is 3.02. The van der Waals surface area contributed by atoms with E-state index in [4.69, 9.17) is 6.42 Å². The zero-order chi connectivity index (χ0) is 8.69. The summed E-state index contributed by atoms with van der Waals surface area (Å²) in [4.78, 5) is 0. The summed E-state index contributed by atoms with van der Waals surface area (Å²) in [5.74, 6) is 3.24. The van der Waals surface area contributed by atoms with Crippen LogP contribution in [0.3, 0.4) is 0 Å². The van der Waals surface area contributed by atoms with E-state index in [0.717, 1.165) is 12.3 Å². The molecule has 0 aromatic carbocycles. The van der Waals surface area contributed by atoms with Crippen LogP contribution in [0.4, 0.5) is 0 Å². The van der Waals surface area contributed by atoms with Gasteiger partial charge in [-0.05, 0) is 30.4 Å². The standard InChI is InChI=1S/C11H16/c1-5-7-11(6-2)9-8-10(3)4/h1,6-7,10H,2,8-9H2,3-4H3/b11-7+. The lowest BCUT2D eigenvalue weighted by Gasteiger charge is -2.03. The lowest BCUT2D eigenvalue weighted by Crippen LogP contribution is -1.87. The van der Waals surface area contributed by atoms with E-state index < -0.39 is 0 Å². The predicted octanol–water partition coefficient (Wildman–Crippen LogP) is 3.17. The summed E-state index contributed by atoms with van der Waals surface area (Å²) >= 11 is 0. The first-order valence-electron chi connectivity index (χ1n) is 3.98. The fourth-order valence-corrected chi connectivity index (χ4v) is 0.796. The Hall–Kier alpha value is -0.960. The van der Waals surface area contributed by atoms with Crippen LogP contribution in [0.1, 0.15) is 26.7 Å². The van der Waals surface area contributed by atoms with Crippen LogP contribution < -0.4 is 0 Å². The van der Waals surface area contributed by atoms with Crippen LogP contribution in [0.2, 0.25) is 0 Å².